The van der Waals surface area contributed by atoms with Crippen LogP contribution in [0.3, 0.4) is 0 Å². The van der Waals surface area contributed by atoms with Gasteiger partial charge in [-0.3, -0.25) is 0 Å². The van der Waals surface area contributed by atoms with Crippen molar-refractivity contribution in [2.45, 2.75) is 12.8 Å². The molecule has 0 aliphatic heterocycles. The van der Waals surface area contributed by atoms with Gasteiger partial charge in [0.25, 0.3) is 0 Å². The van der Waals surface area contributed by atoms with Gasteiger partial charge in [-0.2, -0.15) is 0 Å². The first-order chi connectivity index (χ1) is 5.88. The smallest absolute Gasteiger partial charge is 0.219 e. The fourth-order valence-electron chi connectivity index (χ4n) is 0.917. The Morgan fingerprint density at radius 3 is 3.17 bits per heavy atom. The van der Waals surface area contributed by atoms with Crippen molar-refractivity contribution in [3.8, 4) is 5.88 Å². The van der Waals surface area contributed by atoms with Gasteiger partial charge in [0.2, 0.25) is 5.88 Å². The Bertz CT molecular complexity index is 263. The summed E-state index contributed by atoms with van der Waals surface area (Å²) >= 11 is 0. The summed E-state index contributed by atoms with van der Waals surface area (Å²) in [6.07, 6.45) is 5.06. The van der Waals surface area contributed by atoms with Gasteiger partial charge in [-0.05, 0) is 6.42 Å². The number of aromatic nitrogens is 2. The Labute approximate surface area is 70.6 Å². The third-order valence-corrected chi connectivity index (χ3v) is 1.47. The molecule has 1 rings (SSSR count). The van der Waals surface area contributed by atoms with Crippen LogP contribution in [-0.4, -0.2) is 23.4 Å². The van der Waals surface area contributed by atoms with Gasteiger partial charge in [-0.15, -0.1) is 0 Å². The van der Waals surface area contributed by atoms with Gasteiger partial charge in [0.1, 0.15) is 12.6 Å². The van der Waals surface area contributed by atoms with E-state index in [2.05, 4.69) is 9.97 Å². The lowest BCUT2D eigenvalue weighted by atomic mass is 10.2. The summed E-state index contributed by atoms with van der Waals surface area (Å²) in [5.74, 6) is 0.548. The first-order valence-electron chi connectivity index (χ1n) is 3.65. The molecule has 4 nitrogen and oxygen atoms in total. The average molecular weight is 166 g/mol. The summed E-state index contributed by atoms with van der Waals surface area (Å²) in [4.78, 5) is 17.8. The van der Waals surface area contributed by atoms with Crippen molar-refractivity contribution >= 4 is 6.29 Å². The van der Waals surface area contributed by atoms with Crippen LogP contribution < -0.4 is 4.74 Å². The molecule has 1 aromatic heterocycles. The zero-order chi connectivity index (χ0) is 8.81. The van der Waals surface area contributed by atoms with Crippen LogP contribution >= 0.6 is 0 Å². The molecule has 0 unspecified atom stereocenters. The maximum atomic E-state index is 10.1. The summed E-state index contributed by atoms with van der Waals surface area (Å²) in [6, 6.07) is 0. The first kappa shape index (κ1) is 8.64. The molecule has 12 heavy (non-hydrogen) atoms. The van der Waals surface area contributed by atoms with Crippen LogP contribution in [0.25, 0.3) is 0 Å². The number of carbonyl (C=O) groups excluding carboxylic acids is 1. The molecule has 0 N–H and O–H groups in total. The number of aldehydes is 1. The van der Waals surface area contributed by atoms with E-state index in [0.29, 0.717) is 18.7 Å². The Kier molecular flexibility index (Phi) is 3.19. The fourth-order valence-corrected chi connectivity index (χ4v) is 0.917. The van der Waals surface area contributed by atoms with Gasteiger partial charge in [0.15, 0.2) is 0 Å². The normalized spacial score (nSPS) is 9.42. The van der Waals surface area contributed by atoms with E-state index in [9.17, 15) is 4.79 Å². The van der Waals surface area contributed by atoms with Crippen LogP contribution in [0.5, 0.6) is 5.88 Å². The Morgan fingerprint density at radius 2 is 2.50 bits per heavy atom. The molecule has 0 amide bonds. The molecule has 0 aliphatic carbocycles. The Balaban J connectivity index is 2.74. The largest absolute Gasteiger partial charge is 0.481 e. The van der Waals surface area contributed by atoms with Crippen LogP contribution in [0.2, 0.25) is 0 Å². The average Bonchev–Trinajstić information content (AvgIpc) is 2.15. The van der Waals surface area contributed by atoms with Gasteiger partial charge < -0.3 is 9.53 Å². The minimum absolute atomic E-state index is 0.476. The minimum Gasteiger partial charge on any atom is -0.481 e. The zero-order valence-electron chi connectivity index (χ0n) is 6.86. The summed E-state index contributed by atoms with van der Waals surface area (Å²) in [6.45, 7) is 0. The molecule has 0 aliphatic rings. The maximum absolute atomic E-state index is 10.1. The molecule has 64 valence electrons. The Hall–Kier alpha value is -1.45. The van der Waals surface area contributed by atoms with E-state index in [1.165, 1.54) is 6.33 Å². The molecule has 1 aromatic rings. The van der Waals surface area contributed by atoms with Crippen LogP contribution in [-0.2, 0) is 11.2 Å². The lowest BCUT2D eigenvalue weighted by molar-refractivity contribution is -0.107. The predicted molar refractivity (Wildman–Crippen MR) is 43.0 cm³/mol. The second-order valence-corrected chi connectivity index (χ2v) is 2.26. The van der Waals surface area contributed by atoms with E-state index in [1.54, 1.807) is 13.3 Å². The summed E-state index contributed by atoms with van der Waals surface area (Å²) in [7, 11) is 1.55. The molecular formula is C8H10N2O2. The molecule has 0 atom stereocenters. The lowest BCUT2D eigenvalue weighted by Gasteiger charge is -2.02. The summed E-state index contributed by atoms with van der Waals surface area (Å²) < 4.78 is 4.98. The molecule has 4 heteroatoms. The summed E-state index contributed by atoms with van der Waals surface area (Å²) in [5.41, 5.74) is 0.868. The molecule has 0 bridgehead atoms. The second kappa shape index (κ2) is 4.43. The third kappa shape index (κ3) is 2.02. The molecule has 0 fully saturated rings. The number of nitrogens with zero attached hydrogens (tertiary/aromatic N) is 2. The third-order valence-electron chi connectivity index (χ3n) is 1.47. The van der Waals surface area contributed by atoms with E-state index in [4.69, 9.17) is 4.74 Å². The fraction of sp³-hybridized carbons (Fsp3) is 0.375. The van der Waals surface area contributed by atoms with Gasteiger partial charge in [-0.25, -0.2) is 9.97 Å². The number of ether oxygens (including phenoxy) is 1. The standard InChI is InChI=1S/C8H10N2O2/c1-12-8-7(3-2-4-11)5-9-6-10-8/h4-6H,2-3H2,1H3. The van der Waals surface area contributed by atoms with Crippen molar-refractivity contribution in [1.29, 1.82) is 0 Å². The number of aryl methyl sites for hydroxylation is 1. The lowest BCUT2D eigenvalue weighted by Crippen LogP contribution is -1.96. The van der Waals surface area contributed by atoms with Gasteiger partial charge in [0.05, 0.1) is 7.11 Å². The molecule has 0 spiro atoms. The first-order valence-corrected chi connectivity index (χ1v) is 3.65. The number of carbonyl (C=O) groups is 1. The van der Waals surface area contributed by atoms with Crippen LogP contribution in [0.15, 0.2) is 12.5 Å². The molecule has 0 saturated carbocycles. The van der Waals surface area contributed by atoms with E-state index >= 15 is 0 Å². The maximum Gasteiger partial charge on any atom is 0.219 e. The SMILES string of the molecule is COc1ncncc1CCC=O. The zero-order valence-corrected chi connectivity index (χ0v) is 6.86. The van der Waals surface area contributed by atoms with Crippen molar-refractivity contribution < 1.29 is 9.53 Å². The highest BCUT2D eigenvalue weighted by molar-refractivity contribution is 5.50. The number of methoxy groups -OCH3 is 1. The quantitative estimate of drug-likeness (QED) is 0.615. The molecule has 0 aromatic carbocycles. The van der Waals surface area contributed by atoms with Gasteiger partial charge in [0, 0.05) is 18.2 Å². The van der Waals surface area contributed by atoms with Crippen molar-refractivity contribution in [2.24, 2.45) is 0 Å². The number of hydrogen-bond acceptors (Lipinski definition) is 4. The molecule has 0 radical (unpaired) electrons. The van der Waals surface area contributed by atoms with Crippen LogP contribution in [0, 0.1) is 0 Å². The van der Waals surface area contributed by atoms with Crippen LogP contribution in [0.4, 0.5) is 0 Å². The van der Waals surface area contributed by atoms with Crippen molar-refractivity contribution in [3.63, 3.8) is 0 Å². The second-order valence-electron chi connectivity index (χ2n) is 2.26. The highest BCUT2D eigenvalue weighted by Crippen LogP contribution is 2.13. The van der Waals surface area contributed by atoms with Crippen LogP contribution in [0.1, 0.15) is 12.0 Å². The molecule has 0 saturated heterocycles. The van der Waals surface area contributed by atoms with E-state index < -0.39 is 0 Å². The molecular weight excluding hydrogens is 156 g/mol. The minimum atomic E-state index is 0.476. The summed E-state index contributed by atoms with van der Waals surface area (Å²) in [5, 5.41) is 0. The number of rotatable bonds is 4. The highest BCUT2D eigenvalue weighted by Gasteiger charge is 2.02. The van der Waals surface area contributed by atoms with E-state index in [0.717, 1.165) is 11.8 Å². The topological polar surface area (TPSA) is 52.1 Å². The van der Waals surface area contributed by atoms with Gasteiger partial charge >= 0.3 is 0 Å². The Morgan fingerprint density at radius 1 is 1.67 bits per heavy atom. The number of hydrogen-bond donors (Lipinski definition) is 0. The van der Waals surface area contributed by atoms with Gasteiger partial charge in [-0.1, -0.05) is 0 Å². The van der Waals surface area contributed by atoms with Crippen molar-refractivity contribution in [2.75, 3.05) is 7.11 Å². The molecule has 1 heterocycles. The highest BCUT2D eigenvalue weighted by atomic mass is 16.5. The predicted octanol–water partition coefficient (Wildman–Crippen LogP) is 0.617. The van der Waals surface area contributed by atoms with E-state index in [1.807, 2.05) is 0 Å². The van der Waals surface area contributed by atoms with Crippen molar-refractivity contribution in [3.05, 3.63) is 18.1 Å². The van der Waals surface area contributed by atoms with E-state index in [-0.39, 0.29) is 0 Å². The monoisotopic (exact) mass is 166 g/mol. The van der Waals surface area contributed by atoms with Crippen molar-refractivity contribution in [1.82, 2.24) is 9.97 Å².